The summed E-state index contributed by atoms with van der Waals surface area (Å²) in [5.41, 5.74) is 18.5. The van der Waals surface area contributed by atoms with Gasteiger partial charge in [0.25, 0.3) is 0 Å². The van der Waals surface area contributed by atoms with Gasteiger partial charge in [-0.15, -0.1) is 0 Å². The van der Waals surface area contributed by atoms with E-state index in [2.05, 4.69) is 58.2 Å². The zero-order valence-corrected chi connectivity index (χ0v) is 40.3. The molecule has 0 spiro atoms. The van der Waals surface area contributed by atoms with Gasteiger partial charge in [-0.25, -0.2) is 0 Å². The molecule has 1 aliphatic rings. The summed E-state index contributed by atoms with van der Waals surface area (Å²) in [4.78, 5) is 126. The van der Waals surface area contributed by atoms with Crippen LogP contribution in [0.4, 0.5) is 0 Å². The molecule has 72 heavy (non-hydrogen) atoms. The van der Waals surface area contributed by atoms with Crippen molar-refractivity contribution in [2.45, 2.75) is 114 Å². The molecule has 19 N–H and O–H groups in total. The van der Waals surface area contributed by atoms with Gasteiger partial charge in [0, 0.05) is 69.5 Å². The maximum Gasteiger partial charge on any atom is 0.243 e. The van der Waals surface area contributed by atoms with Gasteiger partial charge in [-0.05, 0) is 62.1 Å². The minimum atomic E-state index is -1.69. The summed E-state index contributed by atoms with van der Waals surface area (Å²) in [6, 6.07) is 7.75. The zero-order chi connectivity index (χ0) is 52.6. The van der Waals surface area contributed by atoms with Gasteiger partial charge in [-0.3, -0.25) is 54.0 Å². The van der Waals surface area contributed by atoms with E-state index in [4.69, 9.17) is 28.0 Å². The fourth-order valence-electron chi connectivity index (χ4n) is 7.88. The molecule has 0 saturated carbocycles. The molecule has 25 nitrogen and oxygen atoms in total. The number of benzene rings is 2. The third kappa shape index (κ3) is 19.6. The van der Waals surface area contributed by atoms with Crippen molar-refractivity contribution in [2.75, 3.05) is 26.2 Å². The Labute approximate surface area is 416 Å². The third-order valence-electron chi connectivity index (χ3n) is 11.5. The smallest absolute Gasteiger partial charge is 0.243 e. The maximum absolute atomic E-state index is 14.5. The Bertz CT molecular complexity index is 2400. The maximum atomic E-state index is 14.5. The van der Waals surface area contributed by atoms with E-state index in [1.165, 1.54) is 6.92 Å². The Hall–Kier alpha value is -8.25. The Kier molecular flexibility index (Phi) is 22.7. The fraction of sp³-hybridized carbons (Fsp3) is 0.468. The number of amides is 9. The van der Waals surface area contributed by atoms with Gasteiger partial charge in [-0.1, -0.05) is 48.5 Å². The largest absolute Gasteiger partial charge is 0.370 e. The predicted octanol–water partition coefficient (Wildman–Crippen LogP) is -2.91. The molecular weight excluding hydrogens is 933 g/mol. The summed E-state index contributed by atoms with van der Waals surface area (Å²) in [7, 11) is 0. The first-order valence-corrected chi connectivity index (χ1v) is 23.8. The van der Waals surface area contributed by atoms with Crippen LogP contribution in [0.1, 0.15) is 75.8 Å². The Morgan fingerprint density at radius 1 is 0.694 bits per heavy atom. The van der Waals surface area contributed by atoms with Crippen LogP contribution >= 0.6 is 0 Å². The van der Waals surface area contributed by atoms with Crippen LogP contribution in [-0.4, -0.2) is 132 Å². The van der Waals surface area contributed by atoms with Crippen molar-refractivity contribution in [3.63, 3.8) is 0 Å². The van der Waals surface area contributed by atoms with Crippen molar-refractivity contribution in [1.82, 2.24) is 58.2 Å². The number of nitrogens with one attached hydrogen (secondary N) is 13. The van der Waals surface area contributed by atoms with E-state index in [9.17, 15) is 43.2 Å². The number of aromatic amines is 1. The lowest BCUT2D eigenvalue weighted by atomic mass is 10.0. The number of aromatic nitrogens is 1. The number of nitrogens with two attached hydrogens (primary N) is 3. The third-order valence-corrected chi connectivity index (χ3v) is 11.5. The standard InChI is InChI=1S/C47H68N16O9/c1-27(64)58-32(16-9-20-55-46(49)50)41(68)59-33-15-7-8-19-53-39(66)18-22-54-40(67)36(24-29-26-57-31-14-6-5-13-30(29)31)62-43(70)34(17-10-21-56-47(51)52)60-44(71)35(23-28-11-3-2-4-12-28)61-45(72)37(25-38(48)65)63-42(33)69/h2-6,11-14,26,32-37,57H,7-10,15-25H2,1H3,(H2,48,65)(H,53,66)(H,54,67)(H,58,64)(H,59,68)(H,60,71)(H,61,72)(H,62,70)(H,63,69)(H4,49,50,55)(H4,51,52,56)/t32-,33-,34-,35+,36-,37-/m0/s1. The molecule has 0 unspecified atom stereocenters. The second-order valence-electron chi connectivity index (χ2n) is 17.3. The topological polar surface area (TPSA) is 415 Å². The number of guanidine groups is 2. The molecule has 1 aliphatic heterocycles. The summed E-state index contributed by atoms with van der Waals surface area (Å²) < 4.78 is 0. The first-order valence-electron chi connectivity index (χ1n) is 23.8. The van der Waals surface area contributed by atoms with Crippen LogP contribution in [0.25, 0.3) is 10.9 Å². The first kappa shape index (κ1) is 56.3. The van der Waals surface area contributed by atoms with E-state index >= 15 is 0 Å². The van der Waals surface area contributed by atoms with Crippen LogP contribution in [0.2, 0.25) is 0 Å². The first-order chi connectivity index (χ1) is 34.4. The summed E-state index contributed by atoms with van der Waals surface area (Å²) in [5.74, 6) is -7.50. The molecule has 390 valence electrons. The van der Waals surface area contributed by atoms with E-state index in [1.54, 1.807) is 36.5 Å². The summed E-state index contributed by atoms with van der Waals surface area (Å²) in [6.45, 7) is 1.56. The van der Waals surface area contributed by atoms with Crippen molar-refractivity contribution >= 4 is 76.0 Å². The van der Waals surface area contributed by atoms with Gasteiger partial charge >= 0.3 is 0 Å². The molecule has 9 amide bonds. The monoisotopic (exact) mass is 1000 g/mol. The lowest BCUT2D eigenvalue weighted by Gasteiger charge is -2.27. The highest BCUT2D eigenvalue weighted by Gasteiger charge is 2.34. The highest BCUT2D eigenvalue weighted by atomic mass is 16.2. The molecule has 1 saturated heterocycles. The fourth-order valence-corrected chi connectivity index (χ4v) is 7.88. The molecule has 0 bridgehead atoms. The zero-order valence-electron chi connectivity index (χ0n) is 40.3. The van der Waals surface area contributed by atoms with Crippen LogP contribution < -0.4 is 70.4 Å². The lowest BCUT2D eigenvalue weighted by molar-refractivity contribution is -0.136. The summed E-state index contributed by atoms with van der Waals surface area (Å²) >= 11 is 0. The Balaban J connectivity index is 1.71. The van der Waals surface area contributed by atoms with Gasteiger partial charge < -0.3 is 75.4 Å². The molecule has 3 aromatic rings. The van der Waals surface area contributed by atoms with Crippen molar-refractivity contribution in [3.05, 3.63) is 71.9 Å². The number of fused-ring (bicyclic) bond motifs is 1. The van der Waals surface area contributed by atoms with Gasteiger partial charge in [0.1, 0.15) is 36.3 Å². The van der Waals surface area contributed by atoms with Crippen LogP contribution in [0.5, 0.6) is 0 Å². The molecule has 4 rings (SSSR count). The van der Waals surface area contributed by atoms with Crippen molar-refractivity contribution in [1.29, 1.82) is 10.8 Å². The lowest BCUT2D eigenvalue weighted by Crippen LogP contribution is -2.60. The van der Waals surface area contributed by atoms with Gasteiger partial charge in [0.2, 0.25) is 53.2 Å². The molecule has 1 aromatic heterocycles. The minimum Gasteiger partial charge on any atom is -0.370 e. The molecule has 1 fully saturated rings. The van der Waals surface area contributed by atoms with E-state index in [0.29, 0.717) is 17.5 Å². The van der Waals surface area contributed by atoms with Crippen LogP contribution in [-0.2, 0) is 56.0 Å². The number of carbonyl (C=O) groups is 9. The molecule has 6 atom stereocenters. The Morgan fingerprint density at radius 3 is 1.99 bits per heavy atom. The summed E-state index contributed by atoms with van der Waals surface area (Å²) in [5, 5.41) is 42.3. The number of hydrogen-bond donors (Lipinski definition) is 16. The number of para-hydroxylation sites is 1. The number of primary amides is 1. The van der Waals surface area contributed by atoms with Crippen LogP contribution in [0, 0.1) is 10.8 Å². The predicted molar refractivity (Wildman–Crippen MR) is 266 cm³/mol. The highest BCUT2D eigenvalue weighted by Crippen LogP contribution is 2.20. The van der Waals surface area contributed by atoms with E-state index in [0.717, 1.165) is 10.9 Å². The number of carbonyl (C=O) groups excluding carboxylic acids is 9. The van der Waals surface area contributed by atoms with Crippen molar-refractivity contribution in [3.8, 4) is 0 Å². The minimum absolute atomic E-state index is 0.00789. The summed E-state index contributed by atoms with van der Waals surface area (Å²) in [6.07, 6.45) is 1.70. The number of hydrogen-bond acceptors (Lipinski definition) is 11. The number of H-pyrrole nitrogens is 1. The van der Waals surface area contributed by atoms with Crippen molar-refractivity contribution in [2.24, 2.45) is 17.2 Å². The Morgan fingerprint density at radius 2 is 1.31 bits per heavy atom. The highest BCUT2D eigenvalue weighted by molar-refractivity contribution is 5.98. The molecule has 25 heteroatoms. The van der Waals surface area contributed by atoms with Crippen LogP contribution in [0.3, 0.4) is 0 Å². The average molecular weight is 1000 g/mol. The average Bonchev–Trinajstić information content (AvgIpc) is 3.74. The van der Waals surface area contributed by atoms with E-state index in [-0.39, 0.29) is 95.9 Å². The SMILES string of the molecule is CC(=O)N[C@@H](CCCNC(=N)N)C(=O)N[C@H]1CCCCNC(=O)CCNC(=O)[C@H](Cc2c[nH]c3ccccc23)NC(=O)[C@H](CCCNC(=N)N)NC(=O)[C@@H](Cc2ccccc2)NC(=O)[C@H](CC(N)=O)NC1=O. The van der Waals surface area contributed by atoms with Gasteiger partial charge in [0.15, 0.2) is 11.9 Å². The van der Waals surface area contributed by atoms with E-state index in [1.807, 2.05) is 24.3 Å². The quantitative estimate of drug-likeness (QED) is 0.0367. The second kappa shape index (κ2) is 29.1. The molecular formula is C47H68N16O9. The van der Waals surface area contributed by atoms with Gasteiger partial charge in [-0.2, -0.15) is 0 Å². The number of rotatable bonds is 17. The molecule has 0 aliphatic carbocycles. The van der Waals surface area contributed by atoms with Gasteiger partial charge in [0.05, 0.1) is 6.42 Å². The van der Waals surface area contributed by atoms with E-state index < -0.39 is 95.8 Å². The van der Waals surface area contributed by atoms with Crippen molar-refractivity contribution < 1.29 is 43.2 Å². The molecule has 2 aromatic carbocycles. The normalized spacial score (nSPS) is 20.4. The second-order valence-corrected chi connectivity index (χ2v) is 17.3. The molecule has 0 radical (unpaired) electrons. The van der Waals surface area contributed by atoms with Crippen LogP contribution in [0.15, 0.2) is 60.8 Å². The molecule has 2 heterocycles.